The molecule has 0 spiro atoms. The van der Waals surface area contributed by atoms with E-state index in [1.54, 1.807) is 0 Å². The van der Waals surface area contributed by atoms with Crippen LogP contribution in [0.25, 0.3) is 0 Å². The van der Waals surface area contributed by atoms with E-state index in [0.717, 1.165) is 0 Å². The summed E-state index contributed by atoms with van der Waals surface area (Å²) in [6, 6.07) is 0. The van der Waals surface area contributed by atoms with Crippen molar-refractivity contribution in [3.8, 4) is 0 Å². The van der Waals surface area contributed by atoms with E-state index >= 15 is 0 Å². The molecule has 0 aromatic carbocycles. The molecule has 0 aliphatic rings. The first-order valence-corrected chi connectivity index (χ1v) is 3.73. The summed E-state index contributed by atoms with van der Waals surface area (Å²) in [4.78, 5) is 0. The van der Waals surface area contributed by atoms with Gasteiger partial charge in [-0.05, 0) is 0 Å². The molecule has 0 unspecified atom stereocenters. The summed E-state index contributed by atoms with van der Waals surface area (Å²) < 4.78 is 0. The summed E-state index contributed by atoms with van der Waals surface area (Å²) in [6.45, 7) is 4.44. The van der Waals surface area contributed by atoms with E-state index in [9.17, 15) is 0 Å². The first-order chi connectivity index (χ1) is 3.91. The number of hydrogen-bond donors (Lipinski definition) is 0. The largest absolute Gasteiger partial charge is 1.00 e. The third kappa shape index (κ3) is 12.8. The monoisotopic (exact) mass is 152 g/mol. The Bertz CT molecular complexity index is 29.5. The molecule has 0 bridgehead atoms. The van der Waals surface area contributed by atoms with Crippen LogP contribution in [0.5, 0.6) is 0 Å². The van der Waals surface area contributed by atoms with E-state index in [1.165, 1.54) is 32.1 Å². The Balaban J connectivity index is 0. The number of unbranched alkanes of at least 4 members (excludes halogenated alkanes) is 5. The molecular weight excluding hydrogens is 135 g/mol. The Morgan fingerprint density at radius 1 is 1.11 bits per heavy atom. The Morgan fingerprint density at radius 2 is 1.78 bits per heavy atom. The molecule has 0 N–H and O–H groups in total. The van der Waals surface area contributed by atoms with Crippen LogP contribution in [-0.2, 0) is 0 Å². The maximum Gasteiger partial charge on any atom is 1.00 e. The SMILES string of the molecule is CC[CH-]CCCCC.[K+]. The van der Waals surface area contributed by atoms with Crippen molar-refractivity contribution in [3.05, 3.63) is 6.42 Å². The van der Waals surface area contributed by atoms with Crippen LogP contribution in [-0.4, -0.2) is 0 Å². The van der Waals surface area contributed by atoms with Gasteiger partial charge in [-0.25, -0.2) is 0 Å². The summed E-state index contributed by atoms with van der Waals surface area (Å²) >= 11 is 0. The molecular formula is C8H17K. The molecule has 0 aliphatic heterocycles. The molecule has 0 aromatic heterocycles. The third-order valence-electron chi connectivity index (χ3n) is 1.30. The van der Waals surface area contributed by atoms with Crippen LogP contribution in [0.3, 0.4) is 0 Å². The Hall–Kier alpha value is 1.64. The van der Waals surface area contributed by atoms with Gasteiger partial charge in [0, 0.05) is 0 Å². The van der Waals surface area contributed by atoms with Gasteiger partial charge in [0.1, 0.15) is 0 Å². The van der Waals surface area contributed by atoms with Crippen molar-refractivity contribution in [2.45, 2.75) is 46.0 Å². The van der Waals surface area contributed by atoms with Gasteiger partial charge in [0.2, 0.25) is 0 Å². The standard InChI is InChI=1S/C8H17.K/c1-3-5-7-8-6-4-2;/h5H,3-4,6-8H2,1-2H3;/q-1;+1. The zero-order chi connectivity index (χ0) is 6.24. The topological polar surface area (TPSA) is 0 Å². The molecule has 0 heterocycles. The second kappa shape index (κ2) is 12.3. The molecule has 0 fully saturated rings. The minimum Gasteiger partial charge on any atom is -0.329 e. The van der Waals surface area contributed by atoms with Crippen molar-refractivity contribution in [1.29, 1.82) is 0 Å². The average Bonchev–Trinajstić information content (AvgIpc) is 1.81. The summed E-state index contributed by atoms with van der Waals surface area (Å²) in [5.74, 6) is 0. The molecule has 50 valence electrons. The van der Waals surface area contributed by atoms with Gasteiger partial charge in [0.25, 0.3) is 0 Å². The molecule has 1 heteroatoms. The van der Waals surface area contributed by atoms with Crippen LogP contribution in [0.4, 0.5) is 0 Å². The molecule has 0 nitrogen and oxygen atoms in total. The van der Waals surface area contributed by atoms with Gasteiger partial charge < -0.3 is 6.42 Å². The second-order valence-corrected chi connectivity index (χ2v) is 2.19. The molecule has 0 rings (SSSR count). The maximum atomic E-state index is 2.36. The summed E-state index contributed by atoms with van der Waals surface area (Å²) in [6.07, 6.45) is 9.06. The van der Waals surface area contributed by atoms with E-state index in [0.29, 0.717) is 0 Å². The fraction of sp³-hybridized carbons (Fsp3) is 0.875. The Morgan fingerprint density at radius 3 is 2.22 bits per heavy atom. The van der Waals surface area contributed by atoms with Crippen LogP contribution < -0.4 is 51.4 Å². The molecule has 9 heavy (non-hydrogen) atoms. The first kappa shape index (κ1) is 13.2. The predicted octanol–water partition coefficient (Wildman–Crippen LogP) is 0.185. The Kier molecular flexibility index (Phi) is 18.1. The van der Waals surface area contributed by atoms with Gasteiger partial charge in [-0.15, -0.1) is 0 Å². The molecule has 0 amide bonds. The van der Waals surface area contributed by atoms with Crippen LogP contribution >= 0.6 is 0 Å². The van der Waals surface area contributed by atoms with Crippen LogP contribution in [0, 0.1) is 6.42 Å². The Labute approximate surface area is 102 Å². The van der Waals surface area contributed by atoms with E-state index in [2.05, 4.69) is 20.3 Å². The smallest absolute Gasteiger partial charge is 0.329 e. The number of rotatable bonds is 5. The molecule has 0 aliphatic carbocycles. The second-order valence-electron chi connectivity index (χ2n) is 2.19. The van der Waals surface area contributed by atoms with Gasteiger partial charge in [-0.3, -0.25) is 0 Å². The van der Waals surface area contributed by atoms with Gasteiger partial charge >= 0.3 is 51.4 Å². The van der Waals surface area contributed by atoms with Crippen molar-refractivity contribution in [2.75, 3.05) is 0 Å². The molecule has 0 saturated heterocycles. The van der Waals surface area contributed by atoms with Crippen molar-refractivity contribution >= 4 is 0 Å². The van der Waals surface area contributed by atoms with E-state index in [1.807, 2.05) is 0 Å². The summed E-state index contributed by atoms with van der Waals surface area (Å²) in [5.41, 5.74) is 0. The van der Waals surface area contributed by atoms with Crippen molar-refractivity contribution < 1.29 is 51.4 Å². The van der Waals surface area contributed by atoms with E-state index < -0.39 is 0 Å². The van der Waals surface area contributed by atoms with Gasteiger partial charge in [0.05, 0.1) is 0 Å². The molecule has 0 radical (unpaired) electrons. The molecule has 0 saturated carbocycles. The van der Waals surface area contributed by atoms with Gasteiger partial charge in [-0.2, -0.15) is 12.8 Å². The summed E-state index contributed by atoms with van der Waals surface area (Å²) in [5, 5.41) is 0. The predicted molar refractivity (Wildman–Crippen MR) is 38.7 cm³/mol. The maximum absolute atomic E-state index is 2.36. The van der Waals surface area contributed by atoms with E-state index in [4.69, 9.17) is 0 Å². The van der Waals surface area contributed by atoms with E-state index in [-0.39, 0.29) is 51.4 Å². The van der Waals surface area contributed by atoms with Crippen molar-refractivity contribution in [1.82, 2.24) is 0 Å². The van der Waals surface area contributed by atoms with Gasteiger partial charge in [0.15, 0.2) is 0 Å². The first-order valence-electron chi connectivity index (χ1n) is 3.73. The van der Waals surface area contributed by atoms with Crippen molar-refractivity contribution in [2.24, 2.45) is 0 Å². The average molecular weight is 152 g/mol. The quantitative estimate of drug-likeness (QED) is 0.300. The van der Waals surface area contributed by atoms with Gasteiger partial charge in [-0.1, -0.05) is 33.1 Å². The molecule has 0 atom stereocenters. The van der Waals surface area contributed by atoms with Crippen LogP contribution in [0.15, 0.2) is 0 Å². The fourth-order valence-corrected chi connectivity index (χ4v) is 0.743. The van der Waals surface area contributed by atoms with Crippen LogP contribution in [0.2, 0.25) is 0 Å². The third-order valence-corrected chi connectivity index (χ3v) is 1.30. The minimum absolute atomic E-state index is 0. The van der Waals surface area contributed by atoms with Crippen molar-refractivity contribution in [3.63, 3.8) is 0 Å². The van der Waals surface area contributed by atoms with Crippen LogP contribution in [0.1, 0.15) is 46.0 Å². The number of hydrogen-bond acceptors (Lipinski definition) is 0. The zero-order valence-corrected chi connectivity index (χ0v) is 10.2. The summed E-state index contributed by atoms with van der Waals surface area (Å²) in [7, 11) is 0. The molecule has 0 aromatic rings. The normalized spacial score (nSPS) is 8.67. The fourth-order valence-electron chi connectivity index (χ4n) is 0.743. The minimum atomic E-state index is 0. The zero-order valence-electron chi connectivity index (χ0n) is 7.11.